The second kappa shape index (κ2) is 10.3. The Kier molecular flexibility index (Phi) is 9.09. The molecule has 0 aromatic carbocycles. The van der Waals surface area contributed by atoms with Crippen molar-refractivity contribution in [3.8, 4) is 0 Å². The van der Waals surface area contributed by atoms with E-state index in [1.165, 1.54) is 44.9 Å². The van der Waals surface area contributed by atoms with Crippen LogP contribution >= 0.6 is 0 Å². The number of hydrogen-bond donors (Lipinski definition) is 0. The molecule has 134 valence electrons. The fraction of sp³-hybridized carbons (Fsp3) is 0.905. The molecular weight excluding hydrogens is 284 g/mol. The van der Waals surface area contributed by atoms with Gasteiger partial charge in [-0.2, -0.15) is 0 Å². The van der Waals surface area contributed by atoms with Crippen molar-refractivity contribution in [3.05, 3.63) is 0 Å². The van der Waals surface area contributed by atoms with Gasteiger partial charge in [-0.3, -0.25) is 9.59 Å². The van der Waals surface area contributed by atoms with Crippen LogP contribution in [0.5, 0.6) is 0 Å². The highest BCUT2D eigenvalue weighted by Crippen LogP contribution is 2.36. The third kappa shape index (κ3) is 9.27. The molecule has 0 aliphatic heterocycles. The highest BCUT2D eigenvalue weighted by molar-refractivity contribution is 5.81. The second-order valence-electron chi connectivity index (χ2n) is 8.82. The summed E-state index contributed by atoms with van der Waals surface area (Å²) in [5.41, 5.74) is 0.0652. The van der Waals surface area contributed by atoms with Crippen molar-refractivity contribution in [1.82, 2.24) is 0 Å². The maximum atomic E-state index is 12.3. The molecule has 0 heterocycles. The van der Waals surface area contributed by atoms with Crippen molar-refractivity contribution in [2.24, 2.45) is 17.3 Å². The van der Waals surface area contributed by atoms with E-state index in [0.717, 1.165) is 18.8 Å². The Labute approximate surface area is 143 Å². The minimum Gasteiger partial charge on any atom is -0.300 e. The predicted octanol–water partition coefficient (Wildman–Crippen LogP) is 6.12. The van der Waals surface area contributed by atoms with Gasteiger partial charge in [0.05, 0.1) is 0 Å². The topological polar surface area (TPSA) is 34.1 Å². The van der Waals surface area contributed by atoms with E-state index in [4.69, 9.17) is 0 Å². The first-order chi connectivity index (χ1) is 10.8. The summed E-state index contributed by atoms with van der Waals surface area (Å²) in [5.74, 6) is 2.09. The summed E-state index contributed by atoms with van der Waals surface area (Å²) in [5, 5.41) is 0. The maximum absolute atomic E-state index is 12.3. The standard InChI is InChI=1S/C21H38O2/c1-5-6-10-17-11-7-8-12-18(17)15-19(22)13-9-14-20(23)16-21(2,3)4/h17-18H,5-16H2,1-4H3. The highest BCUT2D eigenvalue weighted by atomic mass is 16.1. The molecule has 23 heavy (non-hydrogen) atoms. The molecule has 0 bridgehead atoms. The van der Waals surface area contributed by atoms with Gasteiger partial charge in [-0.15, -0.1) is 0 Å². The van der Waals surface area contributed by atoms with E-state index in [1.807, 2.05) is 0 Å². The van der Waals surface area contributed by atoms with E-state index >= 15 is 0 Å². The van der Waals surface area contributed by atoms with Gasteiger partial charge in [0.2, 0.25) is 0 Å². The van der Waals surface area contributed by atoms with Crippen molar-refractivity contribution in [3.63, 3.8) is 0 Å². The summed E-state index contributed by atoms with van der Waals surface area (Å²) in [6, 6.07) is 0. The van der Waals surface area contributed by atoms with Crippen LogP contribution in [-0.2, 0) is 9.59 Å². The van der Waals surface area contributed by atoms with E-state index < -0.39 is 0 Å². The van der Waals surface area contributed by atoms with Gasteiger partial charge < -0.3 is 0 Å². The molecule has 1 fully saturated rings. The number of hydrogen-bond acceptors (Lipinski definition) is 2. The summed E-state index contributed by atoms with van der Waals surface area (Å²) in [6.07, 6.45) is 12.4. The average molecular weight is 323 g/mol. The lowest BCUT2D eigenvalue weighted by Crippen LogP contribution is -2.22. The van der Waals surface area contributed by atoms with Crippen LogP contribution in [0, 0.1) is 17.3 Å². The molecule has 0 spiro atoms. The zero-order chi connectivity index (χ0) is 17.3. The first-order valence-corrected chi connectivity index (χ1v) is 9.85. The van der Waals surface area contributed by atoms with Gasteiger partial charge in [0.1, 0.15) is 11.6 Å². The van der Waals surface area contributed by atoms with Gasteiger partial charge in [0.15, 0.2) is 0 Å². The third-order valence-corrected chi connectivity index (χ3v) is 5.12. The first-order valence-electron chi connectivity index (χ1n) is 9.85. The lowest BCUT2D eigenvalue weighted by atomic mass is 9.74. The quantitative estimate of drug-likeness (QED) is 0.485. The fourth-order valence-corrected chi connectivity index (χ4v) is 3.96. The largest absolute Gasteiger partial charge is 0.300 e. The van der Waals surface area contributed by atoms with Gasteiger partial charge in [0.25, 0.3) is 0 Å². The Hall–Kier alpha value is -0.660. The molecule has 0 aromatic heterocycles. The molecule has 2 unspecified atom stereocenters. The van der Waals surface area contributed by atoms with E-state index in [2.05, 4.69) is 27.7 Å². The number of rotatable bonds is 10. The molecule has 2 heteroatoms. The summed E-state index contributed by atoms with van der Waals surface area (Å²) < 4.78 is 0. The molecule has 1 saturated carbocycles. The number of carbonyl (C=O) groups excluding carboxylic acids is 2. The summed E-state index contributed by atoms with van der Waals surface area (Å²) in [4.78, 5) is 24.2. The van der Waals surface area contributed by atoms with Crippen LogP contribution in [0.15, 0.2) is 0 Å². The van der Waals surface area contributed by atoms with Crippen LogP contribution in [0.3, 0.4) is 0 Å². The van der Waals surface area contributed by atoms with Gasteiger partial charge in [-0.05, 0) is 30.1 Å². The van der Waals surface area contributed by atoms with Crippen LogP contribution < -0.4 is 0 Å². The number of carbonyl (C=O) groups is 2. The molecule has 0 saturated heterocycles. The van der Waals surface area contributed by atoms with Crippen molar-refractivity contribution in [2.75, 3.05) is 0 Å². The fourth-order valence-electron chi connectivity index (χ4n) is 3.96. The third-order valence-electron chi connectivity index (χ3n) is 5.12. The molecule has 0 N–H and O–H groups in total. The Bertz CT molecular complexity index is 365. The lowest BCUT2D eigenvalue weighted by Gasteiger charge is -2.31. The second-order valence-corrected chi connectivity index (χ2v) is 8.82. The van der Waals surface area contributed by atoms with Crippen LogP contribution in [0.25, 0.3) is 0 Å². The summed E-state index contributed by atoms with van der Waals surface area (Å²) in [7, 11) is 0. The van der Waals surface area contributed by atoms with Gasteiger partial charge in [-0.1, -0.05) is 66.2 Å². The van der Waals surface area contributed by atoms with Crippen LogP contribution in [-0.4, -0.2) is 11.6 Å². The smallest absolute Gasteiger partial charge is 0.133 e. The Morgan fingerprint density at radius 1 is 0.913 bits per heavy atom. The average Bonchev–Trinajstić information content (AvgIpc) is 2.44. The number of Topliss-reactive ketones (excluding diaryl/α,β-unsaturated/α-hetero) is 2. The Balaban J connectivity index is 2.27. The van der Waals surface area contributed by atoms with E-state index in [9.17, 15) is 9.59 Å². The van der Waals surface area contributed by atoms with Crippen molar-refractivity contribution < 1.29 is 9.59 Å². The molecule has 1 aliphatic rings. The van der Waals surface area contributed by atoms with E-state index in [0.29, 0.717) is 36.7 Å². The monoisotopic (exact) mass is 322 g/mol. The van der Waals surface area contributed by atoms with Crippen molar-refractivity contribution in [2.45, 2.75) is 105 Å². The molecule has 0 radical (unpaired) electrons. The van der Waals surface area contributed by atoms with E-state index in [-0.39, 0.29) is 5.41 Å². The van der Waals surface area contributed by atoms with E-state index in [1.54, 1.807) is 0 Å². The normalized spacial score (nSPS) is 22.1. The maximum Gasteiger partial charge on any atom is 0.133 e. The Morgan fingerprint density at radius 2 is 1.52 bits per heavy atom. The van der Waals surface area contributed by atoms with Crippen LogP contribution in [0.1, 0.15) is 105 Å². The summed E-state index contributed by atoms with van der Waals surface area (Å²) >= 11 is 0. The molecule has 1 rings (SSSR count). The van der Waals surface area contributed by atoms with Crippen LogP contribution in [0.4, 0.5) is 0 Å². The first kappa shape index (κ1) is 20.4. The number of unbranched alkanes of at least 4 members (excludes halogenated alkanes) is 1. The van der Waals surface area contributed by atoms with Crippen molar-refractivity contribution >= 4 is 11.6 Å². The van der Waals surface area contributed by atoms with Crippen LogP contribution in [0.2, 0.25) is 0 Å². The highest BCUT2D eigenvalue weighted by Gasteiger charge is 2.26. The molecule has 0 aromatic rings. The predicted molar refractivity (Wildman–Crippen MR) is 97.5 cm³/mol. The van der Waals surface area contributed by atoms with Crippen molar-refractivity contribution in [1.29, 1.82) is 0 Å². The van der Waals surface area contributed by atoms with Gasteiger partial charge >= 0.3 is 0 Å². The minimum absolute atomic E-state index is 0.0652. The number of ketones is 2. The zero-order valence-electron chi connectivity index (χ0n) is 16.0. The van der Waals surface area contributed by atoms with Gasteiger partial charge in [-0.25, -0.2) is 0 Å². The lowest BCUT2D eigenvalue weighted by molar-refractivity contribution is -0.122. The zero-order valence-corrected chi connectivity index (χ0v) is 16.0. The molecule has 0 amide bonds. The van der Waals surface area contributed by atoms with Gasteiger partial charge in [0, 0.05) is 25.7 Å². The Morgan fingerprint density at radius 3 is 2.13 bits per heavy atom. The molecule has 1 aliphatic carbocycles. The SMILES string of the molecule is CCCCC1CCCCC1CC(=O)CCCC(=O)CC(C)(C)C. The molecular formula is C21H38O2. The minimum atomic E-state index is 0.0652. The molecule has 2 nitrogen and oxygen atoms in total. The summed E-state index contributed by atoms with van der Waals surface area (Å²) in [6.45, 7) is 8.53. The molecule has 2 atom stereocenters.